The van der Waals surface area contributed by atoms with Gasteiger partial charge in [0.2, 0.25) is 5.91 Å². The van der Waals surface area contributed by atoms with Crippen LogP contribution in [-0.4, -0.2) is 49.4 Å². The van der Waals surface area contributed by atoms with E-state index < -0.39 is 29.8 Å². The van der Waals surface area contributed by atoms with Crippen molar-refractivity contribution in [3.63, 3.8) is 0 Å². The van der Waals surface area contributed by atoms with Crippen LogP contribution in [0.3, 0.4) is 0 Å². The maximum atomic E-state index is 12.2. The first-order chi connectivity index (χ1) is 17.1. The van der Waals surface area contributed by atoms with Crippen LogP contribution in [0.15, 0.2) is 54.6 Å². The summed E-state index contributed by atoms with van der Waals surface area (Å²) in [5, 5.41) is 7.79. The molecular weight excluding hydrogens is 466 g/mol. The van der Waals surface area contributed by atoms with Gasteiger partial charge in [0.05, 0.1) is 7.11 Å². The predicted octanol–water partition coefficient (Wildman–Crippen LogP) is 3.55. The number of ether oxygens (including phenoxy) is 3. The normalized spacial score (nSPS) is 11.6. The fourth-order valence-corrected chi connectivity index (χ4v) is 3.02. The first kappa shape index (κ1) is 28.2. The van der Waals surface area contributed by atoms with Crippen LogP contribution in [0.4, 0.5) is 15.3 Å². The van der Waals surface area contributed by atoms with Crippen LogP contribution < -0.4 is 16.0 Å². The smallest absolute Gasteiger partial charge is 0.408 e. The Morgan fingerprint density at radius 1 is 0.889 bits per heavy atom. The van der Waals surface area contributed by atoms with E-state index in [0.29, 0.717) is 5.69 Å². The molecule has 0 fully saturated rings. The van der Waals surface area contributed by atoms with Crippen molar-refractivity contribution in [1.29, 1.82) is 0 Å². The van der Waals surface area contributed by atoms with Gasteiger partial charge in [0.15, 0.2) is 0 Å². The van der Waals surface area contributed by atoms with Crippen LogP contribution in [0.2, 0.25) is 0 Å². The second-order valence-electron chi connectivity index (χ2n) is 8.91. The molecule has 36 heavy (non-hydrogen) atoms. The summed E-state index contributed by atoms with van der Waals surface area (Å²) in [6, 6.07) is 15.1. The Bertz CT molecular complexity index is 1020. The molecule has 0 saturated heterocycles. The fourth-order valence-electron chi connectivity index (χ4n) is 3.02. The van der Waals surface area contributed by atoms with Crippen molar-refractivity contribution in [1.82, 2.24) is 10.6 Å². The van der Waals surface area contributed by atoms with Gasteiger partial charge in [-0.1, -0.05) is 42.5 Å². The van der Waals surface area contributed by atoms with E-state index in [9.17, 15) is 19.2 Å². The summed E-state index contributed by atoms with van der Waals surface area (Å²) < 4.78 is 15.1. The highest BCUT2D eigenvalue weighted by Gasteiger charge is 2.25. The van der Waals surface area contributed by atoms with Crippen LogP contribution in [-0.2, 0) is 36.8 Å². The van der Waals surface area contributed by atoms with Gasteiger partial charge in [-0.15, -0.1) is 0 Å². The molecule has 0 aliphatic heterocycles. The Hall–Kier alpha value is -4.08. The number of esters is 1. The molecule has 1 unspecified atom stereocenters. The van der Waals surface area contributed by atoms with Crippen LogP contribution in [0.25, 0.3) is 0 Å². The third-order valence-corrected chi connectivity index (χ3v) is 4.69. The average molecular weight is 500 g/mol. The predicted molar refractivity (Wildman–Crippen MR) is 133 cm³/mol. The van der Waals surface area contributed by atoms with Crippen molar-refractivity contribution in [2.24, 2.45) is 0 Å². The molecule has 0 heterocycles. The summed E-state index contributed by atoms with van der Waals surface area (Å²) in [6.45, 7) is 5.44. The summed E-state index contributed by atoms with van der Waals surface area (Å²) in [5.41, 5.74) is 1.45. The molecule has 0 saturated carbocycles. The second kappa shape index (κ2) is 13.7. The van der Waals surface area contributed by atoms with E-state index in [-0.39, 0.29) is 31.9 Å². The summed E-state index contributed by atoms with van der Waals surface area (Å²) in [6.07, 6.45) is -1.09. The second-order valence-corrected chi connectivity index (χ2v) is 8.91. The molecule has 0 aromatic heterocycles. The topological polar surface area (TPSA) is 132 Å². The van der Waals surface area contributed by atoms with Gasteiger partial charge < -0.3 is 30.2 Å². The van der Waals surface area contributed by atoms with Crippen molar-refractivity contribution < 1.29 is 33.4 Å². The summed E-state index contributed by atoms with van der Waals surface area (Å²) in [5.74, 6) is -0.891. The molecular formula is C26H33N3O7. The molecule has 0 spiro atoms. The third-order valence-electron chi connectivity index (χ3n) is 4.69. The van der Waals surface area contributed by atoms with E-state index >= 15 is 0 Å². The molecule has 2 rings (SSSR count). The Morgan fingerprint density at radius 3 is 2.17 bits per heavy atom. The lowest BCUT2D eigenvalue weighted by molar-refractivity contribution is -0.143. The zero-order valence-electron chi connectivity index (χ0n) is 21.0. The summed E-state index contributed by atoms with van der Waals surface area (Å²) in [4.78, 5) is 48.1. The van der Waals surface area contributed by atoms with Gasteiger partial charge in [-0.2, -0.15) is 0 Å². The maximum Gasteiger partial charge on any atom is 0.408 e. The minimum atomic E-state index is -0.932. The lowest BCUT2D eigenvalue weighted by atomic mass is 10.1. The minimum Gasteiger partial charge on any atom is -0.467 e. The monoisotopic (exact) mass is 499 g/mol. The lowest BCUT2D eigenvalue weighted by Crippen LogP contribution is -2.45. The van der Waals surface area contributed by atoms with Crippen molar-refractivity contribution in [2.75, 3.05) is 19.0 Å². The third kappa shape index (κ3) is 10.9. The van der Waals surface area contributed by atoms with E-state index in [1.54, 1.807) is 45.0 Å². The van der Waals surface area contributed by atoms with Gasteiger partial charge in [-0.05, 0) is 44.0 Å². The fraction of sp³-hybridized carbons (Fsp3) is 0.385. The van der Waals surface area contributed by atoms with Gasteiger partial charge >= 0.3 is 18.2 Å². The molecule has 10 heteroatoms. The number of benzene rings is 2. The largest absolute Gasteiger partial charge is 0.467 e. The number of anilines is 1. The van der Waals surface area contributed by atoms with E-state index in [4.69, 9.17) is 14.2 Å². The molecule has 0 bridgehead atoms. The molecule has 3 N–H and O–H groups in total. The molecule has 2 aromatic carbocycles. The molecule has 0 aliphatic rings. The van der Waals surface area contributed by atoms with Crippen molar-refractivity contribution in [3.05, 3.63) is 65.7 Å². The van der Waals surface area contributed by atoms with Crippen LogP contribution in [0.1, 0.15) is 38.3 Å². The number of amides is 3. The number of rotatable bonds is 10. The molecule has 10 nitrogen and oxygen atoms in total. The van der Waals surface area contributed by atoms with Gasteiger partial charge in [0.25, 0.3) is 0 Å². The minimum absolute atomic E-state index is 0.0619. The van der Waals surface area contributed by atoms with Crippen molar-refractivity contribution in [3.8, 4) is 0 Å². The zero-order chi connectivity index (χ0) is 26.6. The highest BCUT2D eigenvalue weighted by molar-refractivity contribution is 5.91. The van der Waals surface area contributed by atoms with Crippen LogP contribution >= 0.6 is 0 Å². The number of hydrogen-bond acceptors (Lipinski definition) is 7. The molecule has 1 atom stereocenters. The SMILES string of the molecule is COC(=O)C(Cc1ccc(NC(=O)CCNC(=O)OCc2ccccc2)cc1)NC(=O)OC(C)(C)C. The van der Waals surface area contributed by atoms with Gasteiger partial charge in [-0.3, -0.25) is 4.79 Å². The van der Waals surface area contributed by atoms with Crippen molar-refractivity contribution in [2.45, 2.75) is 51.9 Å². The maximum absolute atomic E-state index is 12.2. The van der Waals surface area contributed by atoms with E-state index in [2.05, 4.69) is 16.0 Å². The number of alkyl carbamates (subject to hydrolysis) is 2. The summed E-state index contributed by atoms with van der Waals surface area (Å²) in [7, 11) is 1.24. The Kier molecular flexibility index (Phi) is 10.7. The number of hydrogen-bond donors (Lipinski definition) is 3. The van der Waals surface area contributed by atoms with Gasteiger partial charge in [-0.25, -0.2) is 14.4 Å². The Labute approximate surface area is 210 Å². The number of nitrogens with one attached hydrogen (secondary N) is 3. The highest BCUT2D eigenvalue weighted by atomic mass is 16.6. The average Bonchev–Trinajstić information content (AvgIpc) is 2.82. The van der Waals surface area contributed by atoms with Crippen LogP contribution in [0.5, 0.6) is 0 Å². The van der Waals surface area contributed by atoms with Crippen molar-refractivity contribution >= 4 is 29.8 Å². The molecule has 3 amide bonds. The molecule has 194 valence electrons. The zero-order valence-corrected chi connectivity index (χ0v) is 21.0. The Morgan fingerprint density at radius 2 is 1.56 bits per heavy atom. The standard InChI is InChI=1S/C26H33N3O7/c1-26(2,3)36-25(33)29-21(23(31)34-4)16-18-10-12-20(13-11-18)28-22(30)14-15-27-24(32)35-17-19-8-6-5-7-9-19/h5-13,21H,14-17H2,1-4H3,(H,27,32)(H,28,30)(H,29,33). The van der Waals surface area contributed by atoms with E-state index in [0.717, 1.165) is 11.1 Å². The highest BCUT2D eigenvalue weighted by Crippen LogP contribution is 2.13. The lowest BCUT2D eigenvalue weighted by Gasteiger charge is -2.22. The Balaban J connectivity index is 1.77. The molecule has 2 aromatic rings. The number of carbonyl (C=O) groups is 4. The van der Waals surface area contributed by atoms with Crippen LogP contribution in [0, 0.1) is 0 Å². The number of carbonyl (C=O) groups excluding carboxylic acids is 4. The molecule has 0 radical (unpaired) electrons. The van der Waals surface area contributed by atoms with Gasteiger partial charge in [0.1, 0.15) is 18.2 Å². The van der Waals surface area contributed by atoms with Gasteiger partial charge in [0, 0.05) is 25.1 Å². The molecule has 0 aliphatic carbocycles. The first-order valence-electron chi connectivity index (χ1n) is 11.5. The number of methoxy groups -OCH3 is 1. The van der Waals surface area contributed by atoms with E-state index in [1.807, 2.05) is 30.3 Å². The summed E-state index contributed by atoms with van der Waals surface area (Å²) >= 11 is 0. The first-order valence-corrected chi connectivity index (χ1v) is 11.5. The quantitative estimate of drug-likeness (QED) is 0.336. The van der Waals surface area contributed by atoms with E-state index in [1.165, 1.54) is 7.11 Å².